The Morgan fingerprint density at radius 2 is 2.36 bits per heavy atom. The summed E-state index contributed by atoms with van der Waals surface area (Å²) in [6.45, 7) is 4.05. The molecule has 1 aliphatic heterocycles. The van der Waals surface area contributed by atoms with Crippen molar-refractivity contribution in [3.05, 3.63) is 0 Å². The van der Waals surface area contributed by atoms with E-state index in [1.54, 1.807) is 0 Å². The van der Waals surface area contributed by atoms with Gasteiger partial charge >= 0.3 is 0 Å². The molecule has 11 heavy (non-hydrogen) atoms. The van der Waals surface area contributed by atoms with Gasteiger partial charge in [-0.15, -0.1) is 0 Å². The van der Waals surface area contributed by atoms with Crippen LogP contribution in [0.5, 0.6) is 0 Å². The van der Waals surface area contributed by atoms with E-state index in [1.807, 2.05) is 21.6 Å². The van der Waals surface area contributed by atoms with Crippen LogP contribution in [0.2, 0.25) is 0 Å². The lowest BCUT2D eigenvalue weighted by molar-refractivity contribution is 0.132. The van der Waals surface area contributed by atoms with Crippen molar-refractivity contribution in [2.45, 2.75) is 31.4 Å². The highest BCUT2D eigenvalue weighted by Gasteiger charge is 2.15. The van der Waals surface area contributed by atoms with Crippen molar-refractivity contribution in [1.82, 2.24) is 0 Å². The van der Waals surface area contributed by atoms with Gasteiger partial charge in [-0.25, -0.2) is 0 Å². The molecule has 1 unspecified atom stereocenters. The predicted octanol–water partition coefficient (Wildman–Crippen LogP) is 2.96. The summed E-state index contributed by atoms with van der Waals surface area (Å²) in [6, 6.07) is 0. The third kappa shape index (κ3) is 4.28. The van der Waals surface area contributed by atoms with Crippen LogP contribution >= 0.6 is 21.6 Å². The SMILES string of the molecule is CCCOCCC1CCSS1. The maximum atomic E-state index is 5.42. The maximum Gasteiger partial charge on any atom is 0.0476 e. The highest BCUT2D eigenvalue weighted by atomic mass is 33.1. The number of hydrogen-bond acceptors (Lipinski definition) is 3. The molecule has 0 spiro atoms. The first-order chi connectivity index (χ1) is 5.43. The minimum Gasteiger partial charge on any atom is -0.381 e. The molecule has 0 bridgehead atoms. The molecule has 1 nitrogen and oxygen atoms in total. The molecule has 0 aromatic heterocycles. The fourth-order valence-corrected chi connectivity index (χ4v) is 3.98. The van der Waals surface area contributed by atoms with Gasteiger partial charge in [0.05, 0.1) is 0 Å². The van der Waals surface area contributed by atoms with Gasteiger partial charge in [-0.3, -0.25) is 0 Å². The van der Waals surface area contributed by atoms with Gasteiger partial charge in [0.1, 0.15) is 0 Å². The van der Waals surface area contributed by atoms with E-state index in [4.69, 9.17) is 4.74 Å². The van der Waals surface area contributed by atoms with Crippen molar-refractivity contribution in [3.8, 4) is 0 Å². The second kappa shape index (κ2) is 6.21. The van der Waals surface area contributed by atoms with Crippen LogP contribution in [0.1, 0.15) is 26.2 Å². The summed E-state index contributed by atoms with van der Waals surface area (Å²) in [5.41, 5.74) is 0. The quantitative estimate of drug-likeness (QED) is 0.489. The lowest BCUT2D eigenvalue weighted by Crippen LogP contribution is -2.04. The van der Waals surface area contributed by atoms with Gasteiger partial charge in [0, 0.05) is 24.2 Å². The first-order valence-electron chi connectivity index (χ1n) is 4.29. The first-order valence-corrected chi connectivity index (χ1v) is 6.67. The molecule has 0 aliphatic carbocycles. The van der Waals surface area contributed by atoms with E-state index in [2.05, 4.69) is 6.92 Å². The Kier molecular flexibility index (Phi) is 5.50. The zero-order valence-electron chi connectivity index (χ0n) is 7.04. The van der Waals surface area contributed by atoms with Crippen LogP contribution in [0.15, 0.2) is 0 Å². The molecule has 1 atom stereocenters. The highest BCUT2D eigenvalue weighted by Crippen LogP contribution is 2.38. The summed E-state index contributed by atoms with van der Waals surface area (Å²) in [4.78, 5) is 0. The molecule has 1 heterocycles. The van der Waals surface area contributed by atoms with Crippen LogP contribution in [-0.2, 0) is 4.74 Å². The molecule has 3 heteroatoms. The third-order valence-corrected chi connectivity index (χ3v) is 4.67. The Morgan fingerprint density at radius 3 is 3.00 bits per heavy atom. The van der Waals surface area contributed by atoms with E-state index in [0.29, 0.717) is 0 Å². The molecule has 0 radical (unpaired) electrons. The van der Waals surface area contributed by atoms with Crippen molar-refractivity contribution >= 4 is 21.6 Å². The van der Waals surface area contributed by atoms with E-state index in [-0.39, 0.29) is 0 Å². The average molecular weight is 192 g/mol. The van der Waals surface area contributed by atoms with Crippen molar-refractivity contribution in [2.24, 2.45) is 0 Å². The molecule has 0 amide bonds. The highest BCUT2D eigenvalue weighted by molar-refractivity contribution is 8.77. The fourth-order valence-electron chi connectivity index (χ4n) is 1.03. The summed E-state index contributed by atoms with van der Waals surface area (Å²) < 4.78 is 5.42. The standard InChI is InChI=1S/C8H16OS2/c1-2-5-9-6-3-8-4-7-10-11-8/h8H,2-7H2,1H3. The van der Waals surface area contributed by atoms with E-state index in [9.17, 15) is 0 Å². The van der Waals surface area contributed by atoms with E-state index < -0.39 is 0 Å². The Hall–Kier alpha value is 0.660. The van der Waals surface area contributed by atoms with Gasteiger partial charge in [0.15, 0.2) is 0 Å². The minimum atomic E-state index is 0.872. The predicted molar refractivity (Wildman–Crippen MR) is 54.2 cm³/mol. The molecule has 0 aromatic carbocycles. The molecule has 1 saturated heterocycles. The Morgan fingerprint density at radius 1 is 1.45 bits per heavy atom. The topological polar surface area (TPSA) is 9.23 Å². The Balaban J connectivity index is 1.86. The average Bonchev–Trinajstić information content (AvgIpc) is 2.50. The molecule has 1 aliphatic rings. The first kappa shape index (κ1) is 9.75. The second-order valence-corrected chi connectivity index (χ2v) is 5.52. The van der Waals surface area contributed by atoms with E-state index in [1.165, 1.54) is 18.6 Å². The maximum absolute atomic E-state index is 5.42. The van der Waals surface area contributed by atoms with E-state index >= 15 is 0 Å². The van der Waals surface area contributed by atoms with Crippen molar-refractivity contribution in [3.63, 3.8) is 0 Å². The van der Waals surface area contributed by atoms with Crippen LogP contribution < -0.4 is 0 Å². The molecular formula is C8H16OS2. The summed E-state index contributed by atoms with van der Waals surface area (Å²) in [7, 11) is 4.04. The second-order valence-electron chi connectivity index (χ2n) is 2.73. The van der Waals surface area contributed by atoms with Crippen molar-refractivity contribution in [2.75, 3.05) is 19.0 Å². The molecule has 0 aromatic rings. The summed E-state index contributed by atoms with van der Waals surface area (Å²) >= 11 is 0. The van der Waals surface area contributed by atoms with Crippen LogP contribution in [-0.4, -0.2) is 24.2 Å². The molecule has 1 fully saturated rings. The van der Waals surface area contributed by atoms with Crippen LogP contribution in [0.4, 0.5) is 0 Å². The zero-order valence-corrected chi connectivity index (χ0v) is 8.68. The van der Waals surface area contributed by atoms with Crippen molar-refractivity contribution in [1.29, 1.82) is 0 Å². The van der Waals surface area contributed by atoms with Crippen molar-refractivity contribution < 1.29 is 4.74 Å². The molecule has 0 N–H and O–H groups in total. The summed E-state index contributed by atoms with van der Waals surface area (Å²) in [5, 5.41) is 0.872. The van der Waals surface area contributed by atoms with E-state index in [0.717, 1.165) is 24.9 Å². The molecular weight excluding hydrogens is 176 g/mol. The lowest BCUT2D eigenvalue weighted by atomic mass is 10.2. The van der Waals surface area contributed by atoms with Gasteiger partial charge < -0.3 is 4.74 Å². The van der Waals surface area contributed by atoms with Gasteiger partial charge in [-0.2, -0.15) is 0 Å². The molecule has 66 valence electrons. The van der Waals surface area contributed by atoms with Crippen LogP contribution in [0, 0.1) is 0 Å². The van der Waals surface area contributed by atoms with Gasteiger partial charge in [0.2, 0.25) is 0 Å². The van der Waals surface area contributed by atoms with Gasteiger partial charge in [-0.1, -0.05) is 28.5 Å². The number of rotatable bonds is 5. The third-order valence-electron chi connectivity index (χ3n) is 1.66. The lowest BCUT2D eigenvalue weighted by Gasteiger charge is -2.06. The van der Waals surface area contributed by atoms with Gasteiger partial charge in [0.25, 0.3) is 0 Å². The zero-order chi connectivity index (χ0) is 7.94. The number of hydrogen-bond donors (Lipinski definition) is 0. The fraction of sp³-hybridized carbons (Fsp3) is 1.00. The summed E-state index contributed by atoms with van der Waals surface area (Å²) in [6.07, 6.45) is 3.77. The Labute approximate surface area is 77.0 Å². The normalized spacial score (nSPS) is 24.3. The molecule has 1 rings (SSSR count). The molecule has 0 saturated carbocycles. The minimum absolute atomic E-state index is 0.872. The number of ether oxygens (including phenoxy) is 1. The largest absolute Gasteiger partial charge is 0.381 e. The summed E-state index contributed by atoms with van der Waals surface area (Å²) in [5.74, 6) is 1.34. The Bertz CT molecular complexity index is 92.1. The van der Waals surface area contributed by atoms with Gasteiger partial charge in [-0.05, 0) is 19.3 Å². The monoisotopic (exact) mass is 192 g/mol. The van der Waals surface area contributed by atoms with Crippen LogP contribution in [0.3, 0.4) is 0 Å². The smallest absolute Gasteiger partial charge is 0.0476 e. The van der Waals surface area contributed by atoms with Crippen LogP contribution in [0.25, 0.3) is 0 Å².